The van der Waals surface area contributed by atoms with Crippen LogP contribution in [0.15, 0.2) is 42.5 Å². The van der Waals surface area contributed by atoms with E-state index in [0.717, 1.165) is 28.9 Å². The third-order valence-electron chi connectivity index (χ3n) is 3.93. The van der Waals surface area contributed by atoms with Crippen LogP contribution in [0.2, 0.25) is 0 Å². The molecule has 7 heteroatoms. The van der Waals surface area contributed by atoms with E-state index in [1.54, 1.807) is 6.92 Å². The molecule has 2 aromatic carbocycles. The van der Waals surface area contributed by atoms with Crippen LogP contribution in [0, 0.1) is 32.4 Å². The van der Waals surface area contributed by atoms with Crippen molar-refractivity contribution in [2.75, 3.05) is 10.6 Å². The number of nitrogens with zero attached hydrogens (tertiary/aromatic N) is 2. The summed E-state index contributed by atoms with van der Waals surface area (Å²) < 4.78 is 27.5. The second kappa shape index (κ2) is 7.49. The van der Waals surface area contributed by atoms with Gasteiger partial charge in [0.15, 0.2) is 0 Å². The molecule has 1 amide bonds. The van der Waals surface area contributed by atoms with E-state index in [1.165, 1.54) is 12.1 Å². The number of carbonyl (C=O) groups is 1. The predicted octanol–water partition coefficient (Wildman–Crippen LogP) is 4.68. The standard InChI is InChI=1S/C20H18F2N4O/c1-11-7-8-12(2)16(9-11)25-18-10-17(23-13(3)24-18)20(27)26-19-14(21)5-4-6-15(19)22/h4-10H,1-3H3,(H,26,27)(H,23,24,25). The van der Waals surface area contributed by atoms with Crippen LogP contribution in [0.3, 0.4) is 0 Å². The van der Waals surface area contributed by atoms with Crippen LogP contribution in [0.1, 0.15) is 27.4 Å². The summed E-state index contributed by atoms with van der Waals surface area (Å²) in [6.45, 7) is 5.55. The molecule has 0 aliphatic heterocycles. The van der Waals surface area contributed by atoms with Crippen LogP contribution in [0.4, 0.5) is 26.0 Å². The Balaban J connectivity index is 1.89. The number of anilines is 3. The van der Waals surface area contributed by atoms with Crippen molar-refractivity contribution in [1.29, 1.82) is 0 Å². The first-order valence-electron chi connectivity index (χ1n) is 8.29. The number of para-hydroxylation sites is 1. The Morgan fingerprint density at radius 3 is 2.37 bits per heavy atom. The van der Waals surface area contributed by atoms with Gasteiger partial charge in [-0.25, -0.2) is 18.7 Å². The van der Waals surface area contributed by atoms with E-state index >= 15 is 0 Å². The molecule has 0 unspecified atom stereocenters. The second-order valence-corrected chi connectivity index (χ2v) is 6.18. The first-order chi connectivity index (χ1) is 12.8. The normalized spacial score (nSPS) is 10.6. The van der Waals surface area contributed by atoms with E-state index < -0.39 is 23.2 Å². The lowest BCUT2D eigenvalue weighted by Gasteiger charge is -2.12. The molecule has 0 spiro atoms. The average Bonchev–Trinajstić information content (AvgIpc) is 2.61. The minimum Gasteiger partial charge on any atom is -0.340 e. The fourth-order valence-corrected chi connectivity index (χ4v) is 2.55. The Kier molecular flexibility index (Phi) is 5.12. The van der Waals surface area contributed by atoms with Crippen molar-refractivity contribution in [2.45, 2.75) is 20.8 Å². The van der Waals surface area contributed by atoms with Gasteiger partial charge in [0, 0.05) is 11.8 Å². The van der Waals surface area contributed by atoms with Crippen molar-refractivity contribution in [3.63, 3.8) is 0 Å². The van der Waals surface area contributed by atoms with E-state index in [4.69, 9.17) is 0 Å². The number of nitrogens with one attached hydrogen (secondary N) is 2. The lowest BCUT2D eigenvalue weighted by atomic mass is 10.1. The summed E-state index contributed by atoms with van der Waals surface area (Å²) in [6.07, 6.45) is 0. The van der Waals surface area contributed by atoms with Crippen molar-refractivity contribution >= 4 is 23.1 Å². The van der Waals surface area contributed by atoms with Gasteiger partial charge in [0.1, 0.15) is 34.7 Å². The second-order valence-electron chi connectivity index (χ2n) is 6.18. The molecule has 0 saturated heterocycles. The van der Waals surface area contributed by atoms with E-state index in [-0.39, 0.29) is 5.69 Å². The van der Waals surface area contributed by atoms with Crippen LogP contribution >= 0.6 is 0 Å². The van der Waals surface area contributed by atoms with Gasteiger partial charge in [-0.15, -0.1) is 0 Å². The van der Waals surface area contributed by atoms with Gasteiger partial charge in [-0.05, 0) is 50.1 Å². The summed E-state index contributed by atoms with van der Waals surface area (Å²) in [5, 5.41) is 5.38. The summed E-state index contributed by atoms with van der Waals surface area (Å²) in [5.41, 5.74) is 2.42. The molecule has 1 aromatic heterocycles. The van der Waals surface area contributed by atoms with E-state index in [0.29, 0.717) is 11.6 Å². The molecular formula is C20H18F2N4O. The molecule has 0 aliphatic rings. The molecule has 0 saturated carbocycles. The van der Waals surface area contributed by atoms with E-state index in [2.05, 4.69) is 20.6 Å². The molecule has 0 atom stereocenters. The fourth-order valence-electron chi connectivity index (χ4n) is 2.55. The van der Waals surface area contributed by atoms with Crippen LogP contribution in [0.25, 0.3) is 0 Å². The Morgan fingerprint density at radius 1 is 0.963 bits per heavy atom. The number of amides is 1. The predicted molar refractivity (Wildman–Crippen MR) is 100 cm³/mol. The summed E-state index contributed by atoms with van der Waals surface area (Å²) in [5.74, 6) is -1.68. The number of rotatable bonds is 4. The molecule has 3 rings (SSSR count). The minimum atomic E-state index is -0.858. The molecule has 0 aliphatic carbocycles. The molecule has 0 radical (unpaired) electrons. The Morgan fingerprint density at radius 2 is 1.67 bits per heavy atom. The highest BCUT2D eigenvalue weighted by Gasteiger charge is 2.16. The zero-order valence-electron chi connectivity index (χ0n) is 15.1. The van der Waals surface area contributed by atoms with Crippen molar-refractivity contribution < 1.29 is 13.6 Å². The number of hydrogen-bond donors (Lipinski definition) is 2. The number of hydrogen-bond acceptors (Lipinski definition) is 4. The molecule has 5 nitrogen and oxygen atoms in total. The Hall–Kier alpha value is -3.35. The summed E-state index contributed by atoms with van der Waals surface area (Å²) in [7, 11) is 0. The highest BCUT2D eigenvalue weighted by atomic mass is 19.1. The zero-order valence-corrected chi connectivity index (χ0v) is 15.1. The monoisotopic (exact) mass is 368 g/mol. The Labute approximate surface area is 155 Å². The lowest BCUT2D eigenvalue weighted by Crippen LogP contribution is -2.17. The summed E-state index contributed by atoms with van der Waals surface area (Å²) in [6, 6.07) is 10.7. The SMILES string of the molecule is Cc1ccc(C)c(Nc2cc(C(=O)Nc3c(F)cccc3F)nc(C)n2)c1. The maximum atomic E-state index is 13.8. The van der Waals surface area contributed by atoms with Crippen molar-refractivity contribution in [1.82, 2.24) is 9.97 Å². The van der Waals surface area contributed by atoms with Gasteiger partial charge in [-0.3, -0.25) is 4.79 Å². The minimum absolute atomic E-state index is 0.00189. The first kappa shape index (κ1) is 18.4. The van der Waals surface area contributed by atoms with Crippen LogP contribution in [-0.2, 0) is 0 Å². The summed E-state index contributed by atoms with van der Waals surface area (Å²) in [4.78, 5) is 20.8. The topological polar surface area (TPSA) is 66.9 Å². The molecule has 0 fully saturated rings. The molecular weight excluding hydrogens is 350 g/mol. The first-order valence-corrected chi connectivity index (χ1v) is 8.29. The molecule has 3 aromatic rings. The molecule has 0 bridgehead atoms. The number of aromatic nitrogens is 2. The van der Waals surface area contributed by atoms with Gasteiger partial charge < -0.3 is 10.6 Å². The van der Waals surface area contributed by atoms with Crippen molar-refractivity contribution in [3.05, 3.63) is 76.7 Å². The quantitative estimate of drug-likeness (QED) is 0.702. The number of halogens is 2. The van der Waals surface area contributed by atoms with Crippen LogP contribution in [0.5, 0.6) is 0 Å². The van der Waals surface area contributed by atoms with Gasteiger partial charge in [0.25, 0.3) is 5.91 Å². The van der Waals surface area contributed by atoms with Gasteiger partial charge in [-0.2, -0.15) is 0 Å². The third-order valence-corrected chi connectivity index (χ3v) is 3.93. The Bertz CT molecular complexity index is 1000. The van der Waals surface area contributed by atoms with Gasteiger partial charge >= 0.3 is 0 Å². The smallest absolute Gasteiger partial charge is 0.274 e. The number of aryl methyl sites for hydroxylation is 3. The largest absolute Gasteiger partial charge is 0.340 e. The molecule has 138 valence electrons. The maximum Gasteiger partial charge on any atom is 0.274 e. The molecule has 2 N–H and O–H groups in total. The molecule has 27 heavy (non-hydrogen) atoms. The van der Waals surface area contributed by atoms with Crippen LogP contribution in [-0.4, -0.2) is 15.9 Å². The van der Waals surface area contributed by atoms with Crippen LogP contribution < -0.4 is 10.6 Å². The highest BCUT2D eigenvalue weighted by molar-refractivity contribution is 6.03. The van der Waals surface area contributed by atoms with E-state index in [1.807, 2.05) is 32.0 Å². The summed E-state index contributed by atoms with van der Waals surface area (Å²) >= 11 is 0. The van der Waals surface area contributed by atoms with Gasteiger partial charge in [0.2, 0.25) is 0 Å². The fraction of sp³-hybridized carbons (Fsp3) is 0.150. The molecule has 1 heterocycles. The lowest BCUT2D eigenvalue weighted by molar-refractivity contribution is 0.102. The average molecular weight is 368 g/mol. The maximum absolute atomic E-state index is 13.8. The number of benzene rings is 2. The zero-order chi connectivity index (χ0) is 19.6. The van der Waals surface area contributed by atoms with Crippen molar-refractivity contribution in [2.24, 2.45) is 0 Å². The van der Waals surface area contributed by atoms with E-state index in [9.17, 15) is 13.6 Å². The third kappa shape index (κ3) is 4.25. The number of carbonyl (C=O) groups excluding carboxylic acids is 1. The van der Waals surface area contributed by atoms with Crippen molar-refractivity contribution in [3.8, 4) is 0 Å². The van der Waals surface area contributed by atoms with Gasteiger partial charge in [0.05, 0.1) is 0 Å². The highest BCUT2D eigenvalue weighted by Crippen LogP contribution is 2.22. The van der Waals surface area contributed by atoms with Gasteiger partial charge in [-0.1, -0.05) is 18.2 Å².